The van der Waals surface area contributed by atoms with Crippen LogP contribution in [0.4, 0.5) is 0 Å². The smallest absolute Gasteiger partial charge is 0.333 e. The largest absolute Gasteiger partial charge is 0.454 e. The lowest BCUT2D eigenvalue weighted by molar-refractivity contribution is -0.227. The van der Waals surface area contributed by atoms with Crippen LogP contribution in [-0.2, 0) is 23.9 Å². The van der Waals surface area contributed by atoms with Crippen LogP contribution in [0.3, 0.4) is 0 Å². The molecule has 8 atom stereocenters. The molecule has 0 radical (unpaired) electrons. The van der Waals surface area contributed by atoms with Crippen molar-refractivity contribution in [2.75, 3.05) is 6.61 Å². The lowest BCUT2D eigenvalue weighted by Crippen LogP contribution is -2.66. The average Bonchev–Trinajstić information content (AvgIpc) is 3.26. The molecule has 0 aromatic carbocycles. The Bertz CT molecular complexity index is 1100. The van der Waals surface area contributed by atoms with Gasteiger partial charge in [0, 0.05) is 47.5 Å². The number of aliphatic hydroxyl groups is 3. The minimum atomic E-state index is -1.94. The Balaban J connectivity index is 1.96. The fourth-order valence-corrected chi connectivity index (χ4v) is 7.41. The van der Waals surface area contributed by atoms with E-state index in [0.717, 1.165) is 0 Å². The van der Waals surface area contributed by atoms with E-state index in [1.807, 2.05) is 13.8 Å². The van der Waals surface area contributed by atoms with Gasteiger partial charge in [-0.25, -0.2) is 4.79 Å². The van der Waals surface area contributed by atoms with E-state index in [-0.39, 0.29) is 12.8 Å². The van der Waals surface area contributed by atoms with Crippen molar-refractivity contribution in [1.82, 2.24) is 0 Å². The van der Waals surface area contributed by atoms with Crippen LogP contribution in [0.25, 0.3) is 0 Å². The third-order valence-electron chi connectivity index (χ3n) is 9.52. The molecule has 0 aromatic heterocycles. The molecule has 0 heterocycles. The molecule has 0 aliphatic heterocycles. The highest BCUT2D eigenvalue weighted by Crippen LogP contribution is 2.77. The number of carbonyl (C=O) groups excluding carboxylic acids is 3. The van der Waals surface area contributed by atoms with Crippen molar-refractivity contribution in [3.8, 4) is 0 Å². The quantitative estimate of drug-likeness (QED) is 0.297. The summed E-state index contributed by atoms with van der Waals surface area (Å²) in [6, 6.07) is 0. The summed E-state index contributed by atoms with van der Waals surface area (Å²) >= 11 is 0. The van der Waals surface area contributed by atoms with Gasteiger partial charge in [-0.15, -0.1) is 0 Å². The molecule has 3 N–H and O–H groups in total. The first kappa shape index (κ1) is 26.8. The van der Waals surface area contributed by atoms with Crippen LogP contribution >= 0.6 is 0 Å². The van der Waals surface area contributed by atoms with Gasteiger partial charge in [-0.3, -0.25) is 9.59 Å². The number of carbonyl (C=O) groups is 3. The molecule has 8 nitrogen and oxygen atoms in total. The van der Waals surface area contributed by atoms with Crippen LogP contribution in [-0.4, -0.2) is 62.6 Å². The predicted octanol–water partition coefficient (Wildman–Crippen LogP) is 2.41. The number of ether oxygens (including phenoxy) is 2. The van der Waals surface area contributed by atoms with Gasteiger partial charge >= 0.3 is 11.9 Å². The van der Waals surface area contributed by atoms with Crippen molar-refractivity contribution in [2.45, 2.75) is 84.2 Å². The van der Waals surface area contributed by atoms with Crippen molar-refractivity contribution < 1.29 is 39.2 Å². The zero-order valence-corrected chi connectivity index (χ0v) is 22.1. The van der Waals surface area contributed by atoms with E-state index in [1.54, 1.807) is 52.8 Å². The summed E-state index contributed by atoms with van der Waals surface area (Å²) in [4.78, 5) is 38.9. The fourth-order valence-electron chi connectivity index (χ4n) is 7.41. The average molecular weight is 503 g/mol. The first-order valence-electron chi connectivity index (χ1n) is 12.7. The Kier molecular flexibility index (Phi) is 6.22. The van der Waals surface area contributed by atoms with Gasteiger partial charge < -0.3 is 24.8 Å². The van der Waals surface area contributed by atoms with Gasteiger partial charge in [-0.05, 0) is 31.9 Å². The maximum Gasteiger partial charge on any atom is 0.333 e. The van der Waals surface area contributed by atoms with E-state index in [4.69, 9.17) is 9.47 Å². The summed E-state index contributed by atoms with van der Waals surface area (Å²) in [6.07, 6.45) is 3.94. The third-order valence-corrected chi connectivity index (χ3v) is 9.52. The fraction of sp³-hybridized carbons (Fsp3) is 0.679. The van der Waals surface area contributed by atoms with Crippen LogP contribution in [0.5, 0.6) is 0 Å². The predicted molar refractivity (Wildman–Crippen MR) is 130 cm³/mol. The molecule has 4 aliphatic rings. The maximum absolute atomic E-state index is 13.2. The van der Waals surface area contributed by atoms with Crippen LogP contribution in [0.1, 0.15) is 61.3 Å². The lowest BCUT2D eigenvalue weighted by atomic mass is 9.59. The van der Waals surface area contributed by atoms with Crippen molar-refractivity contribution in [3.63, 3.8) is 0 Å². The minimum absolute atomic E-state index is 0.122. The minimum Gasteiger partial charge on any atom is -0.454 e. The van der Waals surface area contributed by atoms with Gasteiger partial charge in [-0.1, -0.05) is 45.9 Å². The summed E-state index contributed by atoms with van der Waals surface area (Å²) in [6.45, 7) is 11.8. The van der Waals surface area contributed by atoms with E-state index in [9.17, 15) is 29.7 Å². The van der Waals surface area contributed by atoms with Crippen molar-refractivity contribution >= 4 is 17.7 Å². The Morgan fingerprint density at radius 1 is 1.22 bits per heavy atom. The molecule has 0 unspecified atom stereocenters. The maximum atomic E-state index is 13.2. The van der Waals surface area contributed by atoms with Crippen LogP contribution < -0.4 is 0 Å². The number of rotatable bonds is 5. The SMILES string of the molecule is C/C=C(\C)C(=O)O[C@@H]1[C@@H](C)[C@]2(O)[C@H]3C=C(C)C(=O)[C@@]3(O)CC(CO)=C[C@H]2[C@@H]2C(C)(C)[C@]12OC(=O)CC. The van der Waals surface area contributed by atoms with Crippen LogP contribution in [0.15, 0.2) is 34.9 Å². The monoisotopic (exact) mass is 502 g/mol. The molecule has 0 amide bonds. The number of hydrogen-bond donors (Lipinski definition) is 3. The number of ketones is 1. The number of fused-ring (bicyclic) bond motifs is 5. The summed E-state index contributed by atoms with van der Waals surface area (Å²) in [5.41, 5.74) is -4.46. The number of allylic oxidation sites excluding steroid dienone is 1. The number of aliphatic hydroxyl groups excluding tert-OH is 1. The van der Waals surface area contributed by atoms with E-state index < -0.39 is 76.3 Å². The highest BCUT2D eigenvalue weighted by Gasteiger charge is 2.87. The van der Waals surface area contributed by atoms with Gasteiger partial charge in [-0.2, -0.15) is 0 Å². The molecule has 4 aliphatic carbocycles. The zero-order valence-electron chi connectivity index (χ0n) is 22.1. The molecular formula is C28H38O8. The van der Waals surface area contributed by atoms with Gasteiger partial charge in [0.2, 0.25) is 0 Å². The van der Waals surface area contributed by atoms with Gasteiger partial charge in [0.15, 0.2) is 11.4 Å². The van der Waals surface area contributed by atoms with E-state index in [0.29, 0.717) is 16.7 Å². The van der Waals surface area contributed by atoms with Crippen LogP contribution in [0, 0.1) is 29.1 Å². The standard InChI is InChI=1S/C28H38O8/c1-8-14(3)24(32)35-23-16(5)27(34)18(21-25(6,7)28(21,23)36-20(30)9-2)11-17(13-29)12-26(33)19(27)10-15(4)22(26)31/h8,10-11,16,18-19,21,23,29,33-34H,9,12-13H2,1-7H3/b14-8+/t16-,18+,19+,21-,23-,26-,27-,28-/m1/s1. The van der Waals surface area contributed by atoms with Gasteiger partial charge in [0.25, 0.3) is 0 Å². The van der Waals surface area contributed by atoms with Crippen molar-refractivity contribution in [1.29, 1.82) is 0 Å². The molecule has 4 rings (SSSR count). The Labute approximate surface area is 212 Å². The second kappa shape index (κ2) is 8.36. The highest BCUT2D eigenvalue weighted by molar-refractivity contribution is 6.04. The molecule has 8 heteroatoms. The Hall–Kier alpha value is -2.29. The summed E-state index contributed by atoms with van der Waals surface area (Å²) in [7, 11) is 0. The molecule has 36 heavy (non-hydrogen) atoms. The summed E-state index contributed by atoms with van der Waals surface area (Å²) < 4.78 is 12.1. The summed E-state index contributed by atoms with van der Waals surface area (Å²) in [5.74, 6) is -4.53. The summed E-state index contributed by atoms with van der Waals surface area (Å²) in [5, 5.41) is 34.4. The lowest BCUT2D eigenvalue weighted by Gasteiger charge is -2.53. The number of esters is 2. The number of Topliss-reactive ketones (excluding diaryl/α,β-unsaturated/α-hetero) is 1. The Morgan fingerprint density at radius 2 is 1.86 bits per heavy atom. The second-order valence-corrected chi connectivity index (χ2v) is 11.6. The first-order valence-corrected chi connectivity index (χ1v) is 12.7. The third kappa shape index (κ3) is 3.20. The van der Waals surface area contributed by atoms with E-state index >= 15 is 0 Å². The molecule has 198 valence electrons. The van der Waals surface area contributed by atoms with Crippen molar-refractivity contribution in [2.24, 2.45) is 29.1 Å². The molecular weight excluding hydrogens is 464 g/mol. The normalized spacial score (nSPS) is 42.8. The molecule has 0 spiro atoms. The van der Waals surface area contributed by atoms with Gasteiger partial charge in [0.1, 0.15) is 11.7 Å². The van der Waals surface area contributed by atoms with Gasteiger partial charge in [0.05, 0.1) is 12.2 Å². The highest BCUT2D eigenvalue weighted by atomic mass is 16.6. The topological polar surface area (TPSA) is 130 Å². The second-order valence-electron chi connectivity index (χ2n) is 11.6. The first-order chi connectivity index (χ1) is 16.7. The Morgan fingerprint density at radius 3 is 2.42 bits per heavy atom. The molecule has 0 bridgehead atoms. The van der Waals surface area contributed by atoms with E-state index in [1.165, 1.54) is 0 Å². The molecule has 0 aromatic rings. The van der Waals surface area contributed by atoms with E-state index in [2.05, 4.69) is 0 Å². The van der Waals surface area contributed by atoms with Crippen LogP contribution in [0.2, 0.25) is 0 Å². The molecule has 2 saturated carbocycles. The zero-order chi connectivity index (χ0) is 27.0. The number of hydrogen-bond acceptors (Lipinski definition) is 8. The molecule has 2 fully saturated rings. The van der Waals surface area contributed by atoms with Crippen molar-refractivity contribution in [3.05, 3.63) is 34.9 Å². The molecule has 0 saturated heterocycles.